The maximum atomic E-state index is 12.1. The Bertz CT molecular complexity index is 579. The summed E-state index contributed by atoms with van der Waals surface area (Å²) in [5.74, 6) is -0.767. The Labute approximate surface area is 159 Å². The van der Waals surface area contributed by atoms with Gasteiger partial charge in [0.15, 0.2) is 0 Å². The highest BCUT2D eigenvalue weighted by Crippen LogP contribution is 2.30. The Morgan fingerprint density at radius 2 is 1.91 bits per heavy atom. The maximum absolute atomic E-state index is 12.1. The average Bonchev–Trinajstić information content (AvgIpc) is 2.39. The first-order valence-corrected chi connectivity index (χ1v) is 9.18. The van der Waals surface area contributed by atoms with Gasteiger partial charge < -0.3 is 4.74 Å². The van der Waals surface area contributed by atoms with Crippen LogP contribution in [0.5, 0.6) is 0 Å². The molecule has 0 aliphatic carbocycles. The summed E-state index contributed by atoms with van der Waals surface area (Å²) in [6.07, 6.45) is 0.302. The highest BCUT2D eigenvalue weighted by molar-refractivity contribution is 14.1. The molecule has 0 aliphatic heterocycles. The van der Waals surface area contributed by atoms with E-state index in [2.05, 4.69) is 22.6 Å². The van der Waals surface area contributed by atoms with Crippen LogP contribution in [0.25, 0.3) is 0 Å². The molecule has 1 rings (SSSR count). The van der Waals surface area contributed by atoms with Gasteiger partial charge in [-0.2, -0.15) is 0 Å². The lowest BCUT2D eigenvalue weighted by Crippen LogP contribution is -2.25. The number of halogens is 3. The van der Waals surface area contributed by atoms with Gasteiger partial charge >= 0.3 is 5.97 Å². The lowest BCUT2D eigenvalue weighted by atomic mass is 10.0. The van der Waals surface area contributed by atoms with Crippen LogP contribution < -0.4 is 0 Å². The molecule has 1 aromatic rings. The van der Waals surface area contributed by atoms with E-state index in [9.17, 15) is 14.9 Å². The van der Waals surface area contributed by atoms with Crippen LogP contribution in [-0.2, 0) is 16.1 Å². The quantitative estimate of drug-likeness (QED) is 0.186. The first-order chi connectivity index (χ1) is 10.5. The summed E-state index contributed by atoms with van der Waals surface area (Å²) in [6.45, 7) is 5.02. The fraction of sp³-hybridized carbons (Fsp3) is 0.533. The molecule has 128 valence electrons. The Morgan fingerprint density at radius 3 is 2.30 bits per heavy atom. The minimum atomic E-state index is -0.991. The van der Waals surface area contributed by atoms with Gasteiger partial charge in [-0.1, -0.05) is 22.6 Å². The lowest BCUT2D eigenvalue weighted by Gasteiger charge is -2.19. The van der Waals surface area contributed by atoms with E-state index in [0.717, 1.165) is 0 Å². The molecule has 0 bridgehead atoms. The number of nitro benzene ring substituents is 1. The zero-order valence-corrected chi connectivity index (χ0v) is 16.7. The van der Waals surface area contributed by atoms with Crippen LogP contribution in [0, 0.1) is 29.9 Å². The summed E-state index contributed by atoms with van der Waals surface area (Å²) in [6, 6.07) is 3.31. The molecule has 0 aliphatic rings. The molecule has 0 saturated carbocycles. The molecule has 1 atom stereocenters. The molecule has 0 amide bonds. The molecular formula is C15H18Cl2INO4. The largest absolute Gasteiger partial charge is 0.461 e. The van der Waals surface area contributed by atoms with Gasteiger partial charge in [-0.15, -0.1) is 23.2 Å². The van der Waals surface area contributed by atoms with Crippen molar-refractivity contribution in [1.82, 2.24) is 0 Å². The molecule has 0 N–H and O–H groups in total. The van der Waals surface area contributed by atoms with Gasteiger partial charge in [0.25, 0.3) is 5.69 Å². The number of rotatable bonds is 7. The Kier molecular flexibility index (Phi) is 7.54. The van der Waals surface area contributed by atoms with E-state index in [1.165, 1.54) is 0 Å². The van der Waals surface area contributed by atoms with E-state index in [0.29, 0.717) is 27.5 Å². The van der Waals surface area contributed by atoms with Gasteiger partial charge in [-0.3, -0.25) is 14.9 Å². The van der Waals surface area contributed by atoms with Crippen LogP contribution in [0.2, 0.25) is 0 Å². The second kappa shape index (κ2) is 8.48. The van der Waals surface area contributed by atoms with Crippen molar-refractivity contribution < 1.29 is 14.5 Å². The predicted molar refractivity (Wildman–Crippen MR) is 99.5 cm³/mol. The molecule has 0 saturated heterocycles. The third-order valence-electron chi connectivity index (χ3n) is 3.24. The smallest absolute Gasteiger partial charge is 0.310 e. The number of hydrogen-bond acceptors (Lipinski definition) is 4. The van der Waals surface area contributed by atoms with Crippen LogP contribution in [0.3, 0.4) is 0 Å². The van der Waals surface area contributed by atoms with E-state index in [-0.39, 0.29) is 18.3 Å². The number of carbonyl (C=O) groups excluding carboxylic acids is 1. The summed E-state index contributed by atoms with van der Waals surface area (Å²) in [7, 11) is 0. The topological polar surface area (TPSA) is 69.4 Å². The SMILES string of the molecule is Cc1cc(COC(=O)C(CI)CC(C)(Cl)Cl)cc(C)c1[N+](=O)[O-]. The molecule has 23 heavy (non-hydrogen) atoms. The molecule has 0 radical (unpaired) electrons. The maximum Gasteiger partial charge on any atom is 0.310 e. The zero-order chi connectivity index (χ0) is 17.8. The highest BCUT2D eigenvalue weighted by Gasteiger charge is 2.28. The summed E-state index contributed by atoms with van der Waals surface area (Å²) in [5, 5.41) is 11.0. The van der Waals surface area contributed by atoms with Crippen molar-refractivity contribution in [2.75, 3.05) is 4.43 Å². The first kappa shape index (κ1) is 20.4. The van der Waals surface area contributed by atoms with Gasteiger partial charge in [0, 0.05) is 15.6 Å². The number of nitrogens with zero attached hydrogens (tertiary/aromatic N) is 1. The van der Waals surface area contributed by atoms with Crippen LogP contribution in [0.4, 0.5) is 5.69 Å². The summed E-state index contributed by atoms with van der Waals surface area (Å²) in [4.78, 5) is 22.7. The second-order valence-electron chi connectivity index (χ2n) is 5.57. The summed E-state index contributed by atoms with van der Waals surface area (Å²) < 4.78 is 4.86. The fourth-order valence-electron chi connectivity index (χ4n) is 2.32. The van der Waals surface area contributed by atoms with Crippen molar-refractivity contribution in [3.05, 3.63) is 38.9 Å². The Balaban J connectivity index is 2.78. The van der Waals surface area contributed by atoms with Crippen molar-refractivity contribution in [2.24, 2.45) is 5.92 Å². The van der Waals surface area contributed by atoms with Crippen LogP contribution in [-0.4, -0.2) is 19.7 Å². The van der Waals surface area contributed by atoms with Crippen molar-refractivity contribution >= 4 is 57.4 Å². The number of nitro groups is 1. The van der Waals surface area contributed by atoms with E-state index in [1.807, 2.05) is 0 Å². The second-order valence-corrected chi connectivity index (χ2v) is 8.31. The summed E-state index contributed by atoms with van der Waals surface area (Å²) >= 11 is 14.0. The van der Waals surface area contributed by atoms with Gasteiger partial charge in [0.05, 0.1) is 10.8 Å². The molecule has 5 nitrogen and oxygen atoms in total. The number of ether oxygens (including phenoxy) is 1. The standard InChI is InChI=1S/C15H18Cl2INO4/c1-9-4-11(5-10(2)13(9)19(21)22)8-23-14(20)12(7-18)6-15(3,16)17/h4-5,12H,6-8H2,1-3H3. The fourth-order valence-corrected chi connectivity index (χ4v) is 3.37. The lowest BCUT2D eigenvalue weighted by molar-refractivity contribution is -0.386. The number of benzene rings is 1. The predicted octanol–water partition coefficient (Wildman–Crippen LogP) is 4.89. The molecule has 0 heterocycles. The molecule has 0 fully saturated rings. The van der Waals surface area contributed by atoms with Gasteiger partial charge in [-0.25, -0.2) is 0 Å². The molecule has 1 unspecified atom stereocenters. The van der Waals surface area contributed by atoms with E-state index in [1.54, 1.807) is 32.9 Å². The van der Waals surface area contributed by atoms with Crippen molar-refractivity contribution in [3.63, 3.8) is 0 Å². The normalized spacial score (nSPS) is 12.8. The molecule has 0 spiro atoms. The minimum Gasteiger partial charge on any atom is -0.461 e. The van der Waals surface area contributed by atoms with E-state index >= 15 is 0 Å². The van der Waals surface area contributed by atoms with E-state index in [4.69, 9.17) is 27.9 Å². The third-order valence-corrected chi connectivity index (χ3v) is 4.61. The van der Waals surface area contributed by atoms with Crippen LogP contribution >= 0.6 is 45.8 Å². The minimum absolute atomic E-state index is 0.0624. The number of aryl methyl sites for hydroxylation is 2. The van der Waals surface area contributed by atoms with E-state index < -0.39 is 15.2 Å². The van der Waals surface area contributed by atoms with Gasteiger partial charge in [0.2, 0.25) is 0 Å². The average molecular weight is 474 g/mol. The highest BCUT2D eigenvalue weighted by atomic mass is 127. The third kappa shape index (κ3) is 6.43. The van der Waals surface area contributed by atoms with Gasteiger partial charge in [-0.05, 0) is 44.9 Å². The number of hydrogen-bond donors (Lipinski definition) is 0. The van der Waals surface area contributed by atoms with Crippen molar-refractivity contribution in [3.8, 4) is 0 Å². The Hall–Kier alpha value is -0.600. The number of esters is 1. The summed E-state index contributed by atoms with van der Waals surface area (Å²) in [5.41, 5.74) is 1.89. The number of alkyl halides is 3. The number of carbonyl (C=O) groups is 1. The molecule has 0 aromatic heterocycles. The van der Waals surface area contributed by atoms with Crippen molar-refractivity contribution in [2.45, 2.75) is 38.1 Å². The van der Waals surface area contributed by atoms with Gasteiger partial charge in [0.1, 0.15) is 10.9 Å². The molecular weight excluding hydrogens is 456 g/mol. The van der Waals surface area contributed by atoms with Crippen LogP contribution in [0.15, 0.2) is 12.1 Å². The monoisotopic (exact) mass is 473 g/mol. The molecule has 8 heteroatoms. The first-order valence-electron chi connectivity index (χ1n) is 6.90. The van der Waals surface area contributed by atoms with Crippen molar-refractivity contribution in [1.29, 1.82) is 0 Å². The zero-order valence-electron chi connectivity index (χ0n) is 13.1. The molecule has 1 aromatic carbocycles. The van der Waals surface area contributed by atoms with Crippen LogP contribution in [0.1, 0.15) is 30.0 Å². The Morgan fingerprint density at radius 1 is 1.39 bits per heavy atom.